The second kappa shape index (κ2) is 17.8. The average Bonchev–Trinajstić information content (AvgIpc) is 2.99. The van der Waals surface area contributed by atoms with Crippen LogP contribution < -0.4 is 22.1 Å². The summed E-state index contributed by atoms with van der Waals surface area (Å²) in [6, 6.07) is -0.724. The highest BCUT2D eigenvalue weighted by atomic mass is 16.6. The second-order valence-electron chi connectivity index (χ2n) is 11.3. The number of ether oxygens (including phenoxy) is 4. The fourth-order valence-corrected chi connectivity index (χ4v) is 5.45. The van der Waals surface area contributed by atoms with Crippen molar-refractivity contribution in [3.63, 3.8) is 0 Å². The van der Waals surface area contributed by atoms with E-state index in [4.69, 9.17) is 30.4 Å². The first-order valence-electron chi connectivity index (χ1n) is 14.9. The molecule has 0 saturated heterocycles. The van der Waals surface area contributed by atoms with Gasteiger partial charge in [0, 0.05) is 37.8 Å². The van der Waals surface area contributed by atoms with E-state index in [1.165, 1.54) is 40.4 Å². The molecule has 0 saturated carbocycles. The Hall–Kier alpha value is -3.62. The third-order valence-electron chi connectivity index (χ3n) is 7.93. The zero-order valence-electron chi connectivity index (χ0n) is 27.1. The van der Waals surface area contributed by atoms with Crippen molar-refractivity contribution < 1.29 is 43.2 Å². The molecule has 7 N–H and O–H groups in total. The first-order valence-corrected chi connectivity index (χ1v) is 14.9. The summed E-state index contributed by atoms with van der Waals surface area (Å²) in [5, 5.41) is 17.3. The molecule has 0 fully saturated rings. The van der Waals surface area contributed by atoms with Gasteiger partial charge in [0.15, 0.2) is 11.9 Å². The molecule has 2 bridgehead atoms. The first kappa shape index (κ1) is 37.6. The van der Waals surface area contributed by atoms with Crippen LogP contribution in [0.15, 0.2) is 58.6 Å². The van der Waals surface area contributed by atoms with Gasteiger partial charge >= 0.3 is 6.09 Å². The molecule has 13 nitrogen and oxygen atoms in total. The van der Waals surface area contributed by atoms with Crippen LogP contribution >= 0.6 is 0 Å². The Morgan fingerprint density at radius 1 is 1.13 bits per heavy atom. The van der Waals surface area contributed by atoms with E-state index in [0.717, 1.165) is 6.08 Å². The number of fused-ring (bicyclic) bond motifs is 2. The summed E-state index contributed by atoms with van der Waals surface area (Å²) in [5.41, 5.74) is 11.7. The van der Waals surface area contributed by atoms with Gasteiger partial charge in [-0.25, -0.2) is 4.79 Å². The van der Waals surface area contributed by atoms with Crippen LogP contribution in [0.1, 0.15) is 40.5 Å². The summed E-state index contributed by atoms with van der Waals surface area (Å²) in [6.45, 7) is 7.73. The van der Waals surface area contributed by atoms with Crippen molar-refractivity contribution in [3.05, 3.63) is 58.6 Å². The van der Waals surface area contributed by atoms with Gasteiger partial charge in [0.2, 0.25) is 11.6 Å². The molecular formula is C32H48N4O9. The SMILES string of the molecule is COC1=C2C(=O)C(=CC1=O)NC(=O)/C(C)=C/C=C\C(OC)[C@@H](OC(N)=O)/C(C)=C/[C@H](C)[C@@H](O)[C@@H](OC)C[C@@H](C)C2NCCCN. The Morgan fingerprint density at radius 3 is 2.40 bits per heavy atom. The first-order chi connectivity index (χ1) is 21.3. The summed E-state index contributed by atoms with van der Waals surface area (Å²) in [4.78, 5) is 52.0. The van der Waals surface area contributed by atoms with Crippen LogP contribution in [0, 0.1) is 11.8 Å². The maximum absolute atomic E-state index is 13.9. The molecule has 2 rings (SSSR count). The van der Waals surface area contributed by atoms with Crippen molar-refractivity contribution in [2.75, 3.05) is 34.4 Å². The Kier molecular flexibility index (Phi) is 14.8. The number of primary amides is 1. The molecule has 0 aromatic heterocycles. The van der Waals surface area contributed by atoms with Gasteiger partial charge in [-0.2, -0.15) is 0 Å². The van der Waals surface area contributed by atoms with Crippen molar-refractivity contribution >= 4 is 23.6 Å². The van der Waals surface area contributed by atoms with E-state index in [9.17, 15) is 24.3 Å². The molecule has 2 unspecified atom stereocenters. The highest BCUT2D eigenvalue weighted by molar-refractivity contribution is 6.23. The molecular weight excluding hydrogens is 584 g/mol. The van der Waals surface area contributed by atoms with Gasteiger partial charge in [-0.3, -0.25) is 14.4 Å². The molecule has 7 atom stereocenters. The van der Waals surface area contributed by atoms with E-state index in [1.807, 2.05) is 6.92 Å². The fraction of sp³-hybridized carbons (Fsp3) is 0.562. The maximum Gasteiger partial charge on any atom is 0.405 e. The lowest BCUT2D eigenvalue weighted by Crippen LogP contribution is -2.46. The van der Waals surface area contributed by atoms with Gasteiger partial charge < -0.3 is 46.2 Å². The van der Waals surface area contributed by atoms with Crippen molar-refractivity contribution in [1.82, 2.24) is 10.6 Å². The molecule has 2 aliphatic rings. The summed E-state index contributed by atoms with van der Waals surface area (Å²) >= 11 is 0. The lowest BCUT2D eigenvalue weighted by atomic mass is 9.81. The number of carbonyl (C=O) groups is 4. The number of hydrogen-bond donors (Lipinski definition) is 5. The van der Waals surface area contributed by atoms with Gasteiger partial charge in [0.25, 0.3) is 5.91 Å². The molecule has 0 aromatic carbocycles. The minimum Gasteiger partial charge on any atom is -0.492 e. The number of Topliss-reactive ketones (excluding diaryl/α,β-unsaturated/α-hetero) is 1. The maximum atomic E-state index is 13.9. The number of aliphatic hydroxyl groups excluding tert-OH is 1. The number of allylic oxidation sites excluding steroid dienone is 4. The third kappa shape index (κ3) is 9.93. The summed E-state index contributed by atoms with van der Waals surface area (Å²) in [5.74, 6) is -2.78. The number of ketones is 2. The second-order valence-corrected chi connectivity index (χ2v) is 11.3. The van der Waals surface area contributed by atoms with Crippen LogP contribution in [-0.2, 0) is 33.3 Å². The van der Waals surface area contributed by atoms with E-state index in [0.29, 0.717) is 25.1 Å². The van der Waals surface area contributed by atoms with Gasteiger partial charge in [-0.1, -0.05) is 38.2 Å². The van der Waals surface area contributed by atoms with Crippen molar-refractivity contribution in [2.24, 2.45) is 23.3 Å². The number of rotatable bonds is 8. The lowest BCUT2D eigenvalue weighted by Gasteiger charge is -2.34. The summed E-state index contributed by atoms with van der Waals surface area (Å²) in [6.07, 6.45) is 3.75. The number of amides is 2. The van der Waals surface area contributed by atoms with Crippen LogP contribution in [0.4, 0.5) is 4.79 Å². The minimum absolute atomic E-state index is 0.0618. The van der Waals surface area contributed by atoms with Crippen molar-refractivity contribution in [2.45, 2.75) is 71.0 Å². The normalized spacial score (nSPS) is 32.1. The number of aliphatic hydroxyl groups is 1. The molecule has 0 radical (unpaired) electrons. The van der Waals surface area contributed by atoms with Gasteiger partial charge in [-0.15, -0.1) is 0 Å². The van der Waals surface area contributed by atoms with E-state index in [2.05, 4.69) is 10.6 Å². The molecule has 2 amide bonds. The Balaban J connectivity index is 2.73. The Morgan fingerprint density at radius 2 is 1.82 bits per heavy atom. The van der Waals surface area contributed by atoms with Crippen LogP contribution in [0.5, 0.6) is 0 Å². The number of nitrogens with two attached hydrogens (primary N) is 2. The fourth-order valence-electron chi connectivity index (χ4n) is 5.45. The molecule has 13 heteroatoms. The third-order valence-corrected chi connectivity index (χ3v) is 7.93. The topological polar surface area (TPSA) is 202 Å². The highest BCUT2D eigenvalue weighted by Crippen LogP contribution is 2.30. The van der Waals surface area contributed by atoms with E-state index in [-0.39, 0.29) is 34.9 Å². The monoisotopic (exact) mass is 632 g/mol. The van der Waals surface area contributed by atoms with Crippen LogP contribution in [0.2, 0.25) is 0 Å². The zero-order valence-corrected chi connectivity index (χ0v) is 27.1. The molecule has 0 spiro atoms. The van der Waals surface area contributed by atoms with Crippen LogP contribution in [-0.4, -0.2) is 93.6 Å². The standard InChI is InChI=1S/C32H48N4O9/c1-17-10-8-11-23(42-5)29(45-32(34)41)20(4)14-19(3)27(38)24(43-6)15-18(2)26(35-13-9-12-33)25-28(39)21(36-31(17)40)16-22(37)30(25)44-7/h8,10-11,14,16,18-19,23-24,26-27,29,35,38H,9,12-13,15,33H2,1-7H3,(H2,34,41)(H,36,40)/b11-8-,17-10+,20-14+/t18-,19+,23?,24+,26?,27-,29+/m1/s1. The van der Waals surface area contributed by atoms with Crippen LogP contribution in [0.25, 0.3) is 0 Å². The van der Waals surface area contributed by atoms with Gasteiger partial charge in [0.05, 0.1) is 30.6 Å². The largest absolute Gasteiger partial charge is 0.492 e. The lowest BCUT2D eigenvalue weighted by molar-refractivity contribution is -0.121. The molecule has 45 heavy (non-hydrogen) atoms. The van der Waals surface area contributed by atoms with E-state index >= 15 is 0 Å². The molecule has 1 aliphatic heterocycles. The molecule has 1 aliphatic carbocycles. The molecule has 250 valence electrons. The van der Waals surface area contributed by atoms with E-state index < -0.39 is 59.9 Å². The minimum atomic E-state index is -1.02. The summed E-state index contributed by atoms with van der Waals surface area (Å²) in [7, 11) is 4.21. The molecule has 0 aromatic rings. The molecule has 1 heterocycles. The van der Waals surface area contributed by atoms with Crippen molar-refractivity contribution in [3.8, 4) is 0 Å². The number of methoxy groups -OCH3 is 3. The van der Waals surface area contributed by atoms with Gasteiger partial charge in [-0.05, 0) is 51.3 Å². The van der Waals surface area contributed by atoms with Crippen molar-refractivity contribution in [1.29, 1.82) is 0 Å². The smallest absolute Gasteiger partial charge is 0.405 e. The quantitative estimate of drug-likeness (QED) is 0.147. The number of nitrogens with one attached hydrogen (secondary N) is 2. The summed E-state index contributed by atoms with van der Waals surface area (Å²) < 4.78 is 22.1. The number of hydrogen-bond acceptors (Lipinski definition) is 11. The van der Waals surface area contributed by atoms with Gasteiger partial charge in [0.1, 0.15) is 6.10 Å². The zero-order chi connectivity index (χ0) is 33.8. The van der Waals surface area contributed by atoms with Crippen LogP contribution in [0.3, 0.4) is 0 Å². The highest BCUT2D eigenvalue weighted by Gasteiger charge is 2.39. The Labute approximate surface area is 264 Å². The Bertz CT molecular complexity index is 1250. The predicted molar refractivity (Wildman–Crippen MR) is 167 cm³/mol. The number of carbonyl (C=O) groups excluding carboxylic acids is 4. The van der Waals surface area contributed by atoms with E-state index in [1.54, 1.807) is 26.0 Å². The average molecular weight is 633 g/mol. The predicted octanol–water partition coefficient (Wildman–Crippen LogP) is 1.33.